The van der Waals surface area contributed by atoms with Gasteiger partial charge in [0.15, 0.2) is 0 Å². The van der Waals surface area contributed by atoms with E-state index < -0.39 is 0 Å². The number of rotatable bonds is 5. The molecule has 1 atom stereocenters. The van der Waals surface area contributed by atoms with E-state index in [-0.39, 0.29) is 0 Å². The van der Waals surface area contributed by atoms with Gasteiger partial charge < -0.3 is 15.0 Å². The lowest BCUT2D eigenvalue weighted by molar-refractivity contribution is 0.185. The van der Waals surface area contributed by atoms with Gasteiger partial charge >= 0.3 is 0 Å². The molecule has 2 rings (SSSR count). The minimum absolute atomic E-state index is 0.365. The lowest BCUT2D eigenvalue weighted by Gasteiger charge is -2.09. The highest BCUT2D eigenvalue weighted by molar-refractivity contribution is 5.17. The molecule has 1 aromatic heterocycles. The molecule has 1 heterocycles. The van der Waals surface area contributed by atoms with E-state index in [4.69, 9.17) is 10.5 Å². The van der Waals surface area contributed by atoms with Crippen molar-refractivity contribution in [1.29, 1.82) is 0 Å². The van der Waals surface area contributed by atoms with Crippen LogP contribution in [0.5, 0.6) is 0 Å². The molecule has 0 aromatic carbocycles. The van der Waals surface area contributed by atoms with Crippen LogP contribution < -0.4 is 5.73 Å². The van der Waals surface area contributed by atoms with E-state index >= 15 is 0 Å². The number of methoxy groups -OCH3 is 1. The van der Waals surface area contributed by atoms with Crippen LogP contribution in [-0.2, 0) is 17.8 Å². The topological polar surface area (TPSA) is 66.0 Å². The fourth-order valence-corrected chi connectivity index (χ4v) is 2.09. The molecular formula is C11H20N4O. The molecule has 0 spiro atoms. The standard InChI is InChI=1S/C11H20N4O/c1-11(2)6-8(11)10-14-13-9(7-12)15(10)4-5-16-3/h8H,4-7,12H2,1-3H3. The number of nitrogens with two attached hydrogens (primary N) is 1. The molecule has 2 N–H and O–H groups in total. The first-order valence-corrected chi connectivity index (χ1v) is 5.71. The molecule has 1 unspecified atom stereocenters. The Morgan fingerprint density at radius 3 is 2.69 bits per heavy atom. The third kappa shape index (κ3) is 1.97. The summed E-state index contributed by atoms with van der Waals surface area (Å²) in [6.45, 7) is 6.41. The van der Waals surface area contributed by atoms with Crippen LogP contribution in [0.15, 0.2) is 0 Å². The van der Waals surface area contributed by atoms with Gasteiger partial charge in [-0.25, -0.2) is 0 Å². The van der Waals surface area contributed by atoms with Crippen LogP contribution in [0.2, 0.25) is 0 Å². The van der Waals surface area contributed by atoms with Crippen molar-refractivity contribution in [2.75, 3.05) is 13.7 Å². The van der Waals surface area contributed by atoms with E-state index in [0.29, 0.717) is 24.5 Å². The largest absolute Gasteiger partial charge is 0.383 e. The molecule has 5 nitrogen and oxygen atoms in total. The molecule has 1 fully saturated rings. The fraction of sp³-hybridized carbons (Fsp3) is 0.818. The first-order chi connectivity index (χ1) is 7.60. The van der Waals surface area contributed by atoms with Crippen molar-refractivity contribution in [3.05, 3.63) is 11.6 Å². The highest BCUT2D eigenvalue weighted by Gasteiger charge is 2.49. The molecule has 0 saturated heterocycles. The SMILES string of the molecule is COCCn1c(CN)nnc1C1CC1(C)C. The summed E-state index contributed by atoms with van der Waals surface area (Å²) in [6, 6.07) is 0. The van der Waals surface area contributed by atoms with Crippen molar-refractivity contribution >= 4 is 0 Å². The van der Waals surface area contributed by atoms with E-state index in [1.165, 1.54) is 6.42 Å². The van der Waals surface area contributed by atoms with Crippen LogP contribution in [0, 0.1) is 5.41 Å². The number of ether oxygens (including phenoxy) is 1. The molecule has 1 aliphatic rings. The van der Waals surface area contributed by atoms with Crippen molar-refractivity contribution in [3.63, 3.8) is 0 Å². The summed E-state index contributed by atoms with van der Waals surface area (Å²) in [5.41, 5.74) is 6.02. The maximum atomic E-state index is 5.66. The summed E-state index contributed by atoms with van der Waals surface area (Å²) < 4.78 is 7.22. The first kappa shape index (κ1) is 11.5. The summed E-state index contributed by atoms with van der Waals surface area (Å²) in [5, 5.41) is 8.42. The van der Waals surface area contributed by atoms with Crippen LogP contribution in [0.1, 0.15) is 37.8 Å². The molecule has 5 heteroatoms. The second kappa shape index (κ2) is 4.14. The molecule has 1 aromatic rings. The average molecular weight is 224 g/mol. The number of nitrogens with zero attached hydrogens (tertiary/aromatic N) is 3. The third-order valence-electron chi connectivity index (χ3n) is 3.38. The van der Waals surface area contributed by atoms with Gasteiger partial charge in [-0.1, -0.05) is 13.8 Å². The summed E-state index contributed by atoms with van der Waals surface area (Å²) in [7, 11) is 1.70. The Bertz CT molecular complexity index is 372. The molecule has 0 radical (unpaired) electrons. The number of hydrogen-bond donors (Lipinski definition) is 1. The van der Waals surface area contributed by atoms with Gasteiger partial charge in [-0.2, -0.15) is 0 Å². The Balaban J connectivity index is 2.21. The average Bonchev–Trinajstić information content (AvgIpc) is 2.74. The predicted octanol–water partition coefficient (Wildman–Crippen LogP) is 0.897. The van der Waals surface area contributed by atoms with E-state index in [0.717, 1.165) is 18.2 Å². The summed E-state index contributed by atoms with van der Waals surface area (Å²) >= 11 is 0. The van der Waals surface area contributed by atoms with Gasteiger partial charge in [0.1, 0.15) is 11.6 Å². The van der Waals surface area contributed by atoms with Gasteiger partial charge in [0.05, 0.1) is 13.2 Å². The van der Waals surface area contributed by atoms with Crippen LogP contribution in [0.25, 0.3) is 0 Å². The lowest BCUT2D eigenvalue weighted by atomic mass is 10.1. The minimum Gasteiger partial charge on any atom is -0.383 e. The fourth-order valence-electron chi connectivity index (χ4n) is 2.09. The first-order valence-electron chi connectivity index (χ1n) is 5.71. The van der Waals surface area contributed by atoms with Gasteiger partial charge in [0.2, 0.25) is 0 Å². The molecule has 0 bridgehead atoms. The van der Waals surface area contributed by atoms with Gasteiger partial charge in [-0.3, -0.25) is 0 Å². The highest BCUT2D eigenvalue weighted by Crippen LogP contribution is 2.57. The predicted molar refractivity (Wildman–Crippen MR) is 60.9 cm³/mol. The Kier molecular flexibility index (Phi) is 2.99. The zero-order valence-corrected chi connectivity index (χ0v) is 10.2. The van der Waals surface area contributed by atoms with Crippen LogP contribution in [0.4, 0.5) is 0 Å². The maximum Gasteiger partial charge on any atom is 0.146 e. The van der Waals surface area contributed by atoms with Crippen LogP contribution >= 0.6 is 0 Å². The van der Waals surface area contributed by atoms with Crippen molar-refractivity contribution < 1.29 is 4.74 Å². The summed E-state index contributed by atoms with van der Waals surface area (Å²) in [4.78, 5) is 0. The highest BCUT2D eigenvalue weighted by atomic mass is 16.5. The van der Waals surface area contributed by atoms with E-state index in [9.17, 15) is 0 Å². The van der Waals surface area contributed by atoms with Crippen LogP contribution in [0.3, 0.4) is 0 Å². The van der Waals surface area contributed by atoms with Gasteiger partial charge in [0, 0.05) is 19.6 Å². The van der Waals surface area contributed by atoms with Crippen LogP contribution in [-0.4, -0.2) is 28.5 Å². The van der Waals surface area contributed by atoms with Crippen molar-refractivity contribution in [2.24, 2.45) is 11.1 Å². The van der Waals surface area contributed by atoms with E-state index in [1.807, 2.05) is 0 Å². The monoisotopic (exact) mass is 224 g/mol. The number of aromatic nitrogens is 3. The van der Waals surface area contributed by atoms with E-state index in [2.05, 4.69) is 28.6 Å². The Morgan fingerprint density at radius 2 is 2.19 bits per heavy atom. The molecular weight excluding hydrogens is 204 g/mol. The zero-order chi connectivity index (χ0) is 11.8. The van der Waals surface area contributed by atoms with E-state index in [1.54, 1.807) is 7.11 Å². The Morgan fingerprint density at radius 1 is 1.50 bits per heavy atom. The lowest BCUT2D eigenvalue weighted by Crippen LogP contribution is -2.14. The smallest absolute Gasteiger partial charge is 0.146 e. The molecule has 1 saturated carbocycles. The Hall–Kier alpha value is -0.940. The maximum absolute atomic E-state index is 5.66. The second-order valence-corrected chi connectivity index (χ2v) is 5.07. The molecule has 0 amide bonds. The quantitative estimate of drug-likeness (QED) is 0.807. The Labute approximate surface area is 96.0 Å². The van der Waals surface area contributed by atoms with Gasteiger partial charge in [-0.05, 0) is 11.8 Å². The molecule has 90 valence electrons. The summed E-state index contributed by atoms with van der Waals surface area (Å²) in [5.74, 6) is 2.45. The number of hydrogen-bond acceptors (Lipinski definition) is 4. The molecule has 16 heavy (non-hydrogen) atoms. The van der Waals surface area contributed by atoms with Gasteiger partial charge in [0.25, 0.3) is 0 Å². The molecule has 1 aliphatic carbocycles. The van der Waals surface area contributed by atoms with Crippen molar-refractivity contribution in [1.82, 2.24) is 14.8 Å². The zero-order valence-electron chi connectivity index (χ0n) is 10.2. The van der Waals surface area contributed by atoms with Crippen molar-refractivity contribution in [2.45, 2.75) is 39.3 Å². The minimum atomic E-state index is 0.365. The summed E-state index contributed by atoms with van der Waals surface area (Å²) in [6.07, 6.45) is 1.18. The normalized spacial score (nSPS) is 22.4. The van der Waals surface area contributed by atoms with Crippen molar-refractivity contribution in [3.8, 4) is 0 Å². The third-order valence-corrected chi connectivity index (χ3v) is 3.38. The van der Waals surface area contributed by atoms with Gasteiger partial charge in [-0.15, -0.1) is 10.2 Å². The molecule has 0 aliphatic heterocycles. The second-order valence-electron chi connectivity index (χ2n) is 5.07.